The summed E-state index contributed by atoms with van der Waals surface area (Å²) in [6, 6.07) is 17.5. The summed E-state index contributed by atoms with van der Waals surface area (Å²) >= 11 is 0. The van der Waals surface area contributed by atoms with Crippen molar-refractivity contribution >= 4 is 34.4 Å². The summed E-state index contributed by atoms with van der Waals surface area (Å²) in [7, 11) is 3.25. The van der Waals surface area contributed by atoms with E-state index >= 15 is 0 Å². The zero-order valence-corrected chi connectivity index (χ0v) is 25.8. The molecule has 1 aromatic carbocycles. The summed E-state index contributed by atoms with van der Waals surface area (Å²) in [5, 5.41) is 3.70. The number of amides is 2. The fourth-order valence-electron chi connectivity index (χ4n) is 4.75. The summed E-state index contributed by atoms with van der Waals surface area (Å²) in [6.07, 6.45) is 1.33. The Balaban J connectivity index is 1.53. The van der Waals surface area contributed by atoms with Crippen molar-refractivity contribution in [3.8, 4) is 23.1 Å². The van der Waals surface area contributed by atoms with E-state index in [1.165, 1.54) is 18.0 Å². The molecular formula is C34H34N6O4. The number of fused-ring (bicyclic) bond motifs is 2. The first-order valence-corrected chi connectivity index (χ1v) is 14.2. The van der Waals surface area contributed by atoms with Crippen LogP contribution in [0, 0.1) is 18.8 Å². The molecule has 0 spiro atoms. The number of aryl methyl sites for hydroxylation is 2. The number of nitrogens with zero attached hydrogens (tertiary/aromatic N) is 5. The number of carbonyl (C=O) groups excluding carboxylic acids is 2. The number of imidazole rings is 1. The van der Waals surface area contributed by atoms with Crippen LogP contribution in [0.25, 0.3) is 27.8 Å². The van der Waals surface area contributed by atoms with Gasteiger partial charge in [0, 0.05) is 37.5 Å². The van der Waals surface area contributed by atoms with Crippen LogP contribution < -0.4 is 10.9 Å². The van der Waals surface area contributed by atoms with Crippen molar-refractivity contribution in [2.75, 3.05) is 12.4 Å². The lowest BCUT2D eigenvalue weighted by Gasteiger charge is -2.28. The average molecular weight is 591 g/mol. The van der Waals surface area contributed by atoms with E-state index in [-0.39, 0.29) is 11.4 Å². The van der Waals surface area contributed by atoms with Crippen LogP contribution in [0.2, 0.25) is 0 Å². The van der Waals surface area contributed by atoms with E-state index in [1.54, 1.807) is 51.4 Å². The molecule has 0 bridgehead atoms. The summed E-state index contributed by atoms with van der Waals surface area (Å²) < 4.78 is 8.97. The minimum atomic E-state index is -0.824. The van der Waals surface area contributed by atoms with Gasteiger partial charge < -0.3 is 14.6 Å². The van der Waals surface area contributed by atoms with Crippen LogP contribution in [0.5, 0.6) is 0 Å². The van der Waals surface area contributed by atoms with Gasteiger partial charge in [0.1, 0.15) is 28.8 Å². The predicted molar refractivity (Wildman–Crippen MR) is 170 cm³/mol. The molecule has 0 aliphatic carbocycles. The third kappa shape index (κ3) is 6.17. The highest BCUT2D eigenvalue weighted by Gasteiger charge is 2.27. The fourth-order valence-corrected chi connectivity index (χ4v) is 4.75. The summed E-state index contributed by atoms with van der Waals surface area (Å²) in [6.45, 7) is 8.85. The third-order valence-corrected chi connectivity index (χ3v) is 7.20. The number of anilines is 1. The van der Waals surface area contributed by atoms with Gasteiger partial charge in [-0.3, -0.25) is 18.9 Å². The Bertz CT molecular complexity index is 2040. The van der Waals surface area contributed by atoms with E-state index < -0.39 is 23.6 Å². The number of aromatic nitrogens is 4. The molecule has 44 heavy (non-hydrogen) atoms. The van der Waals surface area contributed by atoms with E-state index in [4.69, 9.17) is 14.7 Å². The quantitative estimate of drug-likeness (QED) is 0.290. The third-order valence-electron chi connectivity index (χ3n) is 7.20. The molecule has 5 rings (SSSR count). The molecule has 0 aliphatic heterocycles. The molecule has 0 fully saturated rings. The molecule has 0 saturated heterocycles. The number of hydrogen-bond acceptors (Lipinski definition) is 6. The lowest BCUT2D eigenvalue weighted by molar-refractivity contribution is -0.120. The highest BCUT2D eigenvalue weighted by molar-refractivity contribution is 5.96. The first-order chi connectivity index (χ1) is 20.8. The van der Waals surface area contributed by atoms with Crippen molar-refractivity contribution in [2.24, 2.45) is 7.05 Å². The molecule has 4 heterocycles. The number of ether oxygens (including phenoxy) is 1. The van der Waals surface area contributed by atoms with E-state index in [1.807, 2.05) is 60.0 Å². The van der Waals surface area contributed by atoms with Gasteiger partial charge in [-0.15, -0.1) is 0 Å². The zero-order valence-electron chi connectivity index (χ0n) is 25.8. The normalized spacial score (nSPS) is 12.0. The molecule has 0 saturated carbocycles. The van der Waals surface area contributed by atoms with Gasteiger partial charge in [0.15, 0.2) is 0 Å². The second-order valence-corrected chi connectivity index (χ2v) is 11.6. The Labute approximate surface area is 255 Å². The molecule has 4 aromatic heterocycles. The molecular weight excluding hydrogens is 556 g/mol. The maximum atomic E-state index is 13.2. The highest BCUT2D eigenvalue weighted by atomic mass is 16.6. The molecule has 10 heteroatoms. The van der Waals surface area contributed by atoms with Gasteiger partial charge in [0.25, 0.3) is 5.56 Å². The van der Waals surface area contributed by atoms with Gasteiger partial charge in [0.05, 0.1) is 16.9 Å². The van der Waals surface area contributed by atoms with E-state index in [0.717, 1.165) is 39.1 Å². The molecule has 1 N–H and O–H groups in total. The van der Waals surface area contributed by atoms with Crippen LogP contribution in [0.15, 0.2) is 71.7 Å². The first-order valence-electron chi connectivity index (χ1n) is 14.2. The molecule has 0 radical (unpaired) electrons. The van der Waals surface area contributed by atoms with E-state index in [9.17, 15) is 14.4 Å². The van der Waals surface area contributed by atoms with Gasteiger partial charge in [-0.2, -0.15) is 0 Å². The predicted octanol–water partition coefficient (Wildman–Crippen LogP) is 5.15. The number of benzene rings is 1. The van der Waals surface area contributed by atoms with Gasteiger partial charge >= 0.3 is 6.09 Å². The number of likely N-dealkylation sites (N-methyl/N-ethyl adjacent to an activating group) is 1. The Hall–Kier alpha value is -5.43. The lowest BCUT2D eigenvalue weighted by atomic mass is 10.1. The molecule has 10 nitrogen and oxygen atoms in total. The van der Waals surface area contributed by atoms with Gasteiger partial charge in [-0.05, 0) is 94.5 Å². The SMILES string of the molecule is Cc1nc2ccccn2c1-c1ccc(NC(=O)C(C)N(C)C(=O)OC(C)(C)C)nc1C#Cc1ccc2c(ccc(=O)n2C)c1. The molecule has 0 aliphatic rings. The largest absolute Gasteiger partial charge is 0.444 e. The topological polar surface area (TPSA) is 111 Å². The maximum Gasteiger partial charge on any atom is 0.410 e. The summed E-state index contributed by atoms with van der Waals surface area (Å²) in [5.74, 6) is 6.26. The standard InChI is InChI=1S/C34H34N6O4/c1-21-31(40-19-9-8-10-29(40)35-21)25-14-17-28(37-32(42)22(2)38(6)33(43)44-34(3,4)5)36-26(25)15-11-23-12-16-27-24(20-23)13-18-30(41)39(27)7/h8-10,12-14,16-20,22H,1-7H3,(H,36,37,42). The highest BCUT2D eigenvalue weighted by Crippen LogP contribution is 2.28. The Morgan fingerprint density at radius 1 is 1.02 bits per heavy atom. The minimum absolute atomic E-state index is 0.0842. The van der Waals surface area contributed by atoms with Crippen molar-refractivity contribution in [2.45, 2.75) is 46.3 Å². The van der Waals surface area contributed by atoms with Crippen LogP contribution in [0.3, 0.4) is 0 Å². The van der Waals surface area contributed by atoms with Crippen LogP contribution >= 0.6 is 0 Å². The van der Waals surface area contributed by atoms with Crippen molar-refractivity contribution < 1.29 is 14.3 Å². The number of pyridine rings is 3. The van der Waals surface area contributed by atoms with Crippen LogP contribution in [-0.2, 0) is 16.6 Å². The Morgan fingerprint density at radius 2 is 1.80 bits per heavy atom. The smallest absolute Gasteiger partial charge is 0.410 e. The molecule has 2 amide bonds. The van der Waals surface area contributed by atoms with Gasteiger partial charge in [0.2, 0.25) is 5.91 Å². The second kappa shape index (κ2) is 11.7. The lowest BCUT2D eigenvalue weighted by Crippen LogP contribution is -2.45. The monoisotopic (exact) mass is 590 g/mol. The first kappa shape index (κ1) is 30.0. The fraction of sp³-hybridized carbons (Fsp3) is 0.265. The van der Waals surface area contributed by atoms with Gasteiger partial charge in [-0.25, -0.2) is 14.8 Å². The summed E-state index contributed by atoms with van der Waals surface area (Å²) in [4.78, 5) is 48.4. The number of carbonyl (C=O) groups is 2. The molecule has 224 valence electrons. The summed E-state index contributed by atoms with van der Waals surface area (Å²) in [5.41, 5.74) is 4.37. The number of hydrogen-bond donors (Lipinski definition) is 1. The number of nitrogens with one attached hydrogen (secondary N) is 1. The Morgan fingerprint density at radius 3 is 2.55 bits per heavy atom. The van der Waals surface area contributed by atoms with Crippen molar-refractivity contribution in [3.63, 3.8) is 0 Å². The van der Waals surface area contributed by atoms with Crippen molar-refractivity contribution in [3.05, 3.63) is 94.2 Å². The minimum Gasteiger partial charge on any atom is -0.444 e. The van der Waals surface area contributed by atoms with Crippen LogP contribution in [0.4, 0.5) is 10.6 Å². The van der Waals surface area contributed by atoms with E-state index in [0.29, 0.717) is 5.69 Å². The average Bonchev–Trinajstić information content (AvgIpc) is 3.31. The number of rotatable bonds is 4. The maximum absolute atomic E-state index is 13.2. The van der Waals surface area contributed by atoms with Crippen molar-refractivity contribution in [1.29, 1.82) is 0 Å². The second-order valence-electron chi connectivity index (χ2n) is 11.6. The van der Waals surface area contributed by atoms with E-state index in [2.05, 4.69) is 17.2 Å². The molecule has 1 unspecified atom stereocenters. The zero-order chi connectivity index (χ0) is 31.8. The molecule has 1 atom stereocenters. The van der Waals surface area contributed by atoms with Crippen LogP contribution in [0.1, 0.15) is 44.6 Å². The molecule has 5 aromatic rings. The van der Waals surface area contributed by atoms with Crippen LogP contribution in [-0.4, -0.2) is 54.5 Å². The Kier molecular flexibility index (Phi) is 7.98. The van der Waals surface area contributed by atoms with Crippen molar-refractivity contribution in [1.82, 2.24) is 23.8 Å². The van der Waals surface area contributed by atoms with Gasteiger partial charge in [-0.1, -0.05) is 12.0 Å².